The fourth-order valence-electron chi connectivity index (χ4n) is 1.58. The molecule has 1 N–H and O–H groups in total. The molecule has 0 bridgehead atoms. The monoisotopic (exact) mass is 257 g/mol. The van der Waals surface area contributed by atoms with Crippen molar-refractivity contribution in [1.29, 1.82) is 0 Å². The Labute approximate surface area is 105 Å². The second-order valence-electron chi connectivity index (χ2n) is 4.21. The van der Waals surface area contributed by atoms with Gasteiger partial charge in [0.15, 0.2) is 0 Å². The Morgan fingerprint density at radius 3 is 2.94 bits per heavy atom. The SMILES string of the molecule is CSCC(C)Nc1cc(Cl)nc(C2CC2)n1. The highest BCUT2D eigenvalue weighted by molar-refractivity contribution is 7.98. The van der Waals surface area contributed by atoms with Crippen molar-refractivity contribution in [2.45, 2.75) is 31.7 Å². The van der Waals surface area contributed by atoms with Gasteiger partial charge < -0.3 is 5.32 Å². The first kappa shape index (κ1) is 12.0. The van der Waals surface area contributed by atoms with Crippen LogP contribution in [0.3, 0.4) is 0 Å². The lowest BCUT2D eigenvalue weighted by Gasteiger charge is -2.13. The summed E-state index contributed by atoms with van der Waals surface area (Å²) in [6, 6.07) is 2.19. The van der Waals surface area contributed by atoms with E-state index in [2.05, 4.69) is 28.5 Å². The van der Waals surface area contributed by atoms with Gasteiger partial charge in [-0.25, -0.2) is 9.97 Å². The highest BCUT2D eigenvalue weighted by Crippen LogP contribution is 2.38. The Balaban J connectivity index is 2.07. The Morgan fingerprint density at radius 2 is 2.31 bits per heavy atom. The summed E-state index contributed by atoms with van der Waals surface area (Å²) in [7, 11) is 0. The molecule has 1 aliphatic carbocycles. The fourth-order valence-corrected chi connectivity index (χ4v) is 2.35. The zero-order valence-electron chi connectivity index (χ0n) is 9.53. The number of aromatic nitrogens is 2. The van der Waals surface area contributed by atoms with E-state index in [1.165, 1.54) is 12.8 Å². The summed E-state index contributed by atoms with van der Waals surface area (Å²) in [6.45, 7) is 2.14. The number of nitrogens with zero attached hydrogens (tertiary/aromatic N) is 2. The molecule has 1 unspecified atom stereocenters. The summed E-state index contributed by atoms with van der Waals surface area (Å²) >= 11 is 7.80. The van der Waals surface area contributed by atoms with Gasteiger partial charge in [0.2, 0.25) is 0 Å². The van der Waals surface area contributed by atoms with E-state index in [9.17, 15) is 0 Å². The quantitative estimate of drug-likeness (QED) is 0.823. The van der Waals surface area contributed by atoms with Gasteiger partial charge in [-0.3, -0.25) is 0 Å². The van der Waals surface area contributed by atoms with Crippen LogP contribution in [0.5, 0.6) is 0 Å². The van der Waals surface area contributed by atoms with Gasteiger partial charge in [-0.2, -0.15) is 11.8 Å². The number of hydrogen-bond acceptors (Lipinski definition) is 4. The maximum atomic E-state index is 5.99. The number of halogens is 1. The van der Waals surface area contributed by atoms with E-state index in [0.29, 0.717) is 17.1 Å². The first-order valence-electron chi connectivity index (χ1n) is 5.49. The van der Waals surface area contributed by atoms with E-state index in [0.717, 1.165) is 17.4 Å². The van der Waals surface area contributed by atoms with Crippen LogP contribution in [0.15, 0.2) is 6.07 Å². The van der Waals surface area contributed by atoms with E-state index >= 15 is 0 Å². The molecule has 0 saturated heterocycles. The molecule has 0 amide bonds. The molecule has 1 heterocycles. The van der Waals surface area contributed by atoms with Gasteiger partial charge in [-0.15, -0.1) is 0 Å². The highest BCUT2D eigenvalue weighted by Gasteiger charge is 2.27. The second kappa shape index (κ2) is 5.23. The molecule has 0 aliphatic heterocycles. The van der Waals surface area contributed by atoms with Crippen LogP contribution in [0.2, 0.25) is 5.15 Å². The van der Waals surface area contributed by atoms with Crippen LogP contribution in [-0.2, 0) is 0 Å². The summed E-state index contributed by atoms with van der Waals surface area (Å²) in [5.41, 5.74) is 0. The zero-order chi connectivity index (χ0) is 11.5. The predicted octanol–water partition coefficient (Wildman–Crippen LogP) is 3.17. The third-order valence-electron chi connectivity index (χ3n) is 2.47. The third kappa shape index (κ3) is 3.25. The van der Waals surface area contributed by atoms with Crippen LogP contribution in [0.25, 0.3) is 0 Å². The van der Waals surface area contributed by atoms with Gasteiger partial charge >= 0.3 is 0 Å². The van der Waals surface area contributed by atoms with E-state index in [1.54, 1.807) is 6.07 Å². The van der Waals surface area contributed by atoms with E-state index in [1.807, 2.05) is 11.8 Å². The maximum Gasteiger partial charge on any atom is 0.135 e. The van der Waals surface area contributed by atoms with Crippen LogP contribution in [0, 0.1) is 0 Å². The molecule has 16 heavy (non-hydrogen) atoms. The maximum absolute atomic E-state index is 5.99. The van der Waals surface area contributed by atoms with Crippen LogP contribution in [-0.4, -0.2) is 28.0 Å². The topological polar surface area (TPSA) is 37.8 Å². The lowest BCUT2D eigenvalue weighted by atomic mass is 10.3. The minimum atomic E-state index is 0.396. The fraction of sp³-hybridized carbons (Fsp3) is 0.636. The molecule has 1 aromatic rings. The van der Waals surface area contributed by atoms with Gasteiger partial charge in [-0.05, 0) is 26.0 Å². The molecule has 5 heteroatoms. The van der Waals surface area contributed by atoms with Crippen molar-refractivity contribution in [1.82, 2.24) is 9.97 Å². The molecule has 88 valence electrons. The van der Waals surface area contributed by atoms with Crippen molar-refractivity contribution in [3.63, 3.8) is 0 Å². The predicted molar refractivity (Wildman–Crippen MR) is 70.5 cm³/mol. The van der Waals surface area contributed by atoms with Gasteiger partial charge in [0.25, 0.3) is 0 Å². The molecule has 1 aromatic heterocycles. The summed E-state index contributed by atoms with van der Waals surface area (Å²) < 4.78 is 0. The van der Waals surface area contributed by atoms with Crippen molar-refractivity contribution in [2.75, 3.05) is 17.3 Å². The summed E-state index contributed by atoms with van der Waals surface area (Å²) in [5.74, 6) is 3.34. The number of hydrogen-bond donors (Lipinski definition) is 1. The molecule has 1 fully saturated rings. The second-order valence-corrected chi connectivity index (χ2v) is 5.51. The lowest BCUT2D eigenvalue weighted by Crippen LogP contribution is -2.19. The van der Waals surface area contributed by atoms with Gasteiger partial charge in [0.1, 0.15) is 16.8 Å². The minimum Gasteiger partial charge on any atom is -0.367 e. The molecule has 0 aromatic carbocycles. The van der Waals surface area contributed by atoms with Crippen molar-refractivity contribution in [3.05, 3.63) is 17.0 Å². The standard InChI is InChI=1S/C11H16ClN3S/c1-7(6-16-2)13-10-5-9(12)14-11(15-10)8-3-4-8/h5,7-8H,3-4,6H2,1-2H3,(H,13,14,15). The Hall–Kier alpha value is -0.480. The summed E-state index contributed by atoms with van der Waals surface area (Å²) in [4.78, 5) is 8.76. The molecule has 2 rings (SSSR count). The normalized spacial score (nSPS) is 17.2. The molecule has 1 saturated carbocycles. The van der Waals surface area contributed by atoms with E-state index in [4.69, 9.17) is 11.6 Å². The number of anilines is 1. The van der Waals surface area contributed by atoms with Gasteiger partial charge in [0.05, 0.1) is 0 Å². The highest BCUT2D eigenvalue weighted by atomic mass is 35.5. The molecule has 0 radical (unpaired) electrons. The lowest BCUT2D eigenvalue weighted by molar-refractivity contribution is 0.874. The van der Waals surface area contributed by atoms with Crippen LogP contribution in [0.4, 0.5) is 5.82 Å². The number of thioether (sulfide) groups is 1. The van der Waals surface area contributed by atoms with Crippen LogP contribution < -0.4 is 5.32 Å². The summed E-state index contributed by atoms with van der Waals surface area (Å²) in [5, 5.41) is 3.89. The molecular formula is C11H16ClN3S. The van der Waals surface area contributed by atoms with Crippen molar-refractivity contribution in [2.24, 2.45) is 0 Å². The minimum absolute atomic E-state index is 0.396. The Kier molecular flexibility index (Phi) is 3.92. The largest absolute Gasteiger partial charge is 0.367 e. The van der Waals surface area contributed by atoms with Crippen LogP contribution >= 0.6 is 23.4 Å². The van der Waals surface area contributed by atoms with E-state index < -0.39 is 0 Å². The zero-order valence-corrected chi connectivity index (χ0v) is 11.1. The first-order chi connectivity index (χ1) is 7.69. The first-order valence-corrected chi connectivity index (χ1v) is 7.26. The average molecular weight is 258 g/mol. The molecule has 1 aliphatic rings. The van der Waals surface area contributed by atoms with Crippen molar-refractivity contribution >= 4 is 29.2 Å². The smallest absolute Gasteiger partial charge is 0.135 e. The van der Waals surface area contributed by atoms with Gasteiger partial charge in [0, 0.05) is 23.8 Å². The number of nitrogens with one attached hydrogen (secondary N) is 1. The third-order valence-corrected chi connectivity index (χ3v) is 3.49. The van der Waals surface area contributed by atoms with Crippen molar-refractivity contribution in [3.8, 4) is 0 Å². The molecule has 3 nitrogen and oxygen atoms in total. The Bertz CT molecular complexity index is 368. The van der Waals surface area contributed by atoms with Crippen LogP contribution in [0.1, 0.15) is 31.5 Å². The number of rotatable bonds is 5. The Morgan fingerprint density at radius 1 is 1.56 bits per heavy atom. The van der Waals surface area contributed by atoms with Gasteiger partial charge in [-0.1, -0.05) is 11.6 Å². The summed E-state index contributed by atoms with van der Waals surface area (Å²) in [6.07, 6.45) is 4.49. The molecule has 0 spiro atoms. The average Bonchev–Trinajstić information content (AvgIpc) is 2.99. The molecule has 1 atom stereocenters. The van der Waals surface area contributed by atoms with Crippen molar-refractivity contribution < 1.29 is 0 Å². The van der Waals surface area contributed by atoms with E-state index in [-0.39, 0.29) is 0 Å². The molecular weight excluding hydrogens is 242 g/mol.